The lowest BCUT2D eigenvalue weighted by molar-refractivity contribution is -0.127. The lowest BCUT2D eigenvalue weighted by atomic mass is 9.81. The van der Waals surface area contributed by atoms with Gasteiger partial charge in [-0.3, -0.25) is 4.79 Å². The first-order valence-corrected chi connectivity index (χ1v) is 7.73. The molecule has 4 nitrogen and oxygen atoms in total. The van der Waals surface area contributed by atoms with Crippen molar-refractivity contribution in [3.63, 3.8) is 0 Å². The Labute approximate surface area is 126 Å². The van der Waals surface area contributed by atoms with Gasteiger partial charge in [-0.15, -0.1) is 0 Å². The van der Waals surface area contributed by atoms with E-state index in [1.54, 1.807) is 0 Å². The standard InChI is InChI=1S/C17H25N3O/c1-4-10-20-14-9-7-6-8-13(14)19-16(20)11-15(21)17(3,5-2)12-18/h6-9H,4-5,10-12,18H2,1-3H3. The number of hydrogen-bond donors (Lipinski definition) is 1. The highest BCUT2D eigenvalue weighted by molar-refractivity contribution is 5.87. The molecule has 4 heteroatoms. The van der Waals surface area contributed by atoms with Crippen LogP contribution < -0.4 is 5.73 Å². The second-order valence-electron chi connectivity index (χ2n) is 5.89. The molecule has 0 aliphatic carbocycles. The van der Waals surface area contributed by atoms with E-state index in [-0.39, 0.29) is 5.78 Å². The molecule has 0 saturated carbocycles. The minimum atomic E-state index is -0.449. The highest BCUT2D eigenvalue weighted by atomic mass is 16.1. The quantitative estimate of drug-likeness (QED) is 0.851. The van der Waals surface area contributed by atoms with Crippen LogP contribution in [0.3, 0.4) is 0 Å². The third-order valence-electron chi connectivity index (χ3n) is 4.40. The molecule has 0 spiro atoms. The van der Waals surface area contributed by atoms with Crippen molar-refractivity contribution in [3.05, 3.63) is 30.1 Å². The number of fused-ring (bicyclic) bond motifs is 1. The van der Waals surface area contributed by atoms with Crippen LogP contribution in [0.5, 0.6) is 0 Å². The second-order valence-corrected chi connectivity index (χ2v) is 5.89. The van der Waals surface area contributed by atoms with E-state index in [0.29, 0.717) is 13.0 Å². The van der Waals surface area contributed by atoms with Crippen LogP contribution in [0.25, 0.3) is 11.0 Å². The first kappa shape index (κ1) is 15.7. The number of para-hydroxylation sites is 2. The molecular weight excluding hydrogens is 262 g/mol. The number of nitrogens with zero attached hydrogens (tertiary/aromatic N) is 2. The van der Waals surface area contributed by atoms with E-state index < -0.39 is 5.41 Å². The molecule has 21 heavy (non-hydrogen) atoms. The minimum absolute atomic E-state index is 0.181. The Balaban J connectivity index is 2.37. The van der Waals surface area contributed by atoms with Gasteiger partial charge < -0.3 is 10.3 Å². The van der Waals surface area contributed by atoms with Crippen molar-refractivity contribution < 1.29 is 4.79 Å². The van der Waals surface area contributed by atoms with Gasteiger partial charge in [-0.1, -0.05) is 32.9 Å². The van der Waals surface area contributed by atoms with Crippen molar-refractivity contribution in [2.24, 2.45) is 11.1 Å². The molecule has 0 aliphatic heterocycles. The predicted octanol–water partition coefficient (Wildman–Crippen LogP) is 2.93. The van der Waals surface area contributed by atoms with Gasteiger partial charge in [-0.2, -0.15) is 0 Å². The van der Waals surface area contributed by atoms with Crippen molar-refractivity contribution in [3.8, 4) is 0 Å². The maximum atomic E-state index is 12.6. The average molecular weight is 287 g/mol. The van der Waals surface area contributed by atoms with Crippen LogP contribution in [0.2, 0.25) is 0 Å². The van der Waals surface area contributed by atoms with Crippen LogP contribution in [0.15, 0.2) is 24.3 Å². The Hall–Kier alpha value is -1.68. The van der Waals surface area contributed by atoms with Gasteiger partial charge in [0.15, 0.2) is 0 Å². The SMILES string of the molecule is CCCn1c(CC(=O)C(C)(CC)CN)nc2ccccc21. The monoisotopic (exact) mass is 287 g/mol. The van der Waals surface area contributed by atoms with E-state index in [4.69, 9.17) is 5.73 Å². The summed E-state index contributed by atoms with van der Waals surface area (Å²) in [7, 11) is 0. The van der Waals surface area contributed by atoms with E-state index >= 15 is 0 Å². The van der Waals surface area contributed by atoms with Gasteiger partial charge in [0, 0.05) is 18.5 Å². The van der Waals surface area contributed by atoms with Crippen molar-refractivity contribution in [2.75, 3.05) is 6.54 Å². The molecule has 0 bridgehead atoms. The van der Waals surface area contributed by atoms with Crippen LogP contribution in [-0.4, -0.2) is 21.9 Å². The molecule has 2 rings (SSSR count). The molecule has 1 aromatic carbocycles. The molecule has 1 unspecified atom stereocenters. The number of rotatable bonds is 7. The van der Waals surface area contributed by atoms with Crippen LogP contribution in [0.1, 0.15) is 39.4 Å². The van der Waals surface area contributed by atoms with Crippen LogP contribution in [0.4, 0.5) is 0 Å². The topological polar surface area (TPSA) is 60.9 Å². The zero-order valence-corrected chi connectivity index (χ0v) is 13.2. The van der Waals surface area contributed by atoms with E-state index in [1.807, 2.05) is 32.0 Å². The summed E-state index contributed by atoms with van der Waals surface area (Å²) < 4.78 is 2.17. The van der Waals surface area contributed by atoms with Crippen LogP contribution >= 0.6 is 0 Å². The van der Waals surface area contributed by atoms with Crippen molar-refractivity contribution in [1.82, 2.24) is 9.55 Å². The Morgan fingerprint density at radius 2 is 2.05 bits per heavy atom. The van der Waals surface area contributed by atoms with Gasteiger partial charge in [0.25, 0.3) is 0 Å². The Bertz CT molecular complexity index is 626. The lowest BCUT2D eigenvalue weighted by Gasteiger charge is -2.24. The van der Waals surface area contributed by atoms with E-state index in [1.165, 1.54) is 0 Å². The van der Waals surface area contributed by atoms with E-state index in [0.717, 1.165) is 36.2 Å². The highest BCUT2D eigenvalue weighted by Crippen LogP contribution is 2.24. The number of Topliss-reactive ketones (excluding diaryl/α,β-unsaturated/α-hetero) is 1. The molecule has 2 aromatic rings. The third kappa shape index (κ3) is 3.00. The normalized spacial score (nSPS) is 14.3. The molecule has 2 N–H and O–H groups in total. The van der Waals surface area contributed by atoms with E-state index in [9.17, 15) is 4.79 Å². The maximum absolute atomic E-state index is 12.6. The summed E-state index contributed by atoms with van der Waals surface area (Å²) in [6, 6.07) is 8.05. The molecule has 114 valence electrons. The number of aryl methyl sites for hydroxylation is 1. The number of carbonyl (C=O) groups excluding carboxylic acids is 1. The van der Waals surface area contributed by atoms with Crippen LogP contribution in [-0.2, 0) is 17.8 Å². The molecule has 0 radical (unpaired) electrons. The summed E-state index contributed by atoms with van der Waals surface area (Å²) in [5.74, 6) is 1.04. The first-order chi connectivity index (χ1) is 10.1. The first-order valence-electron chi connectivity index (χ1n) is 7.73. The Morgan fingerprint density at radius 1 is 1.33 bits per heavy atom. The van der Waals surface area contributed by atoms with Gasteiger partial charge in [0.1, 0.15) is 11.6 Å². The molecular formula is C17H25N3O. The Kier molecular flexibility index (Phi) is 4.78. The van der Waals surface area contributed by atoms with Crippen molar-refractivity contribution >= 4 is 16.8 Å². The molecule has 0 aliphatic rings. The third-order valence-corrected chi connectivity index (χ3v) is 4.40. The zero-order valence-electron chi connectivity index (χ0n) is 13.2. The van der Waals surface area contributed by atoms with Crippen LogP contribution in [0, 0.1) is 5.41 Å². The molecule has 0 fully saturated rings. The number of imidazole rings is 1. The molecule has 0 saturated heterocycles. The second kappa shape index (κ2) is 6.39. The number of hydrogen-bond acceptors (Lipinski definition) is 3. The fourth-order valence-corrected chi connectivity index (χ4v) is 2.55. The van der Waals surface area contributed by atoms with Gasteiger partial charge >= 0.3 is 0 Å². The molecule has 0 amide bonds. The zero-order chi connectivity index (χ0) is 15.5. The Morgan fingerprint density at radius 3 is 2.67 bits per heavy atom. The number of ketones is 1. The molecule has 1 heterocycles. The van der Waals surface area contributed by atoms with Gasteiger partial charge in [0.2, 0.25) is 0 Å². The fraction of sp³-hybridized carbons (Fsp3) is 0.529. The average Bonchev–Trinajstić information content (AvgIpc) is 2.84. The highest BCUT2D eigenvalue weighted by Gasteiger charge is 2.30. The van der Waals surface area contributed by atoms with Crippen molar-refractivity contribution in [2.45, 2.75) is 46.6 Å². The fourth-order valence-electron chi connectivity index (χ4n) is 2.55. The summed E-state index contributed by atoms with van der Waals surface area (Å²) in [6.45, 7) is 7.36. The summed E-state index contributed by atoms with van der Waals surface area (Å²) in [6.07, 6.45) is 2.13. The maximum Gasteiger partial charge on any atom is 0.147 e. The molecule has 1 aromatic heterocycles. The summed E-state index contributed by atoms with van der Waals surface area (Å²) >= 11 is 0. The smallest absolute Gasteiger partial charge is 0.147 e. The molecule has 1 atom stereocenters. The predicted molar refractivity (Wildman–Crippen MR) is 86.2 cm³/mol. The van der Waals surface area contributed by atoms with Gasteiger partial charge in [-0.05, 0) is 25.0 Å². The minimum Gasteiger partial charge on any atom is -0.329 e. The largest absolute Gasteiger partial charge is 0.329 e. The number of benzene rings is 1. The summed E-state index contributed by atoms with van der Waals surface area (Å²) in [5, 5.41) is 0. The lowest BCUT2D eigenvalue weighted by Crippen LogP contribution is -2.36. The number of nitrogens with two attached hydrogens (primary N) is 1. The van der Waals surface area contributed by atoms with E-state index in [2.05, 4.69) is 22.5 Å². The summed E-state index contributed by atoms with van der Waals surface area (Å²) in [4.78, 5) is 17.3. The number of carbonyl (C=O) groups is 1. The van der Waals surface area contributed by atoms with Gasteiger partial charge in [0.05, 0.1) is 17.5 Å². The van der Waals surface area contributed by atoms with Crippen molar-refractivity contribution in [1.29, 1.82) is 0 Å². The van der Waals surface area contributed by atoms with Gasteiger partial charge in [-0.25, -0.2) is 4.98 Å². The number of aromatic nitrogens is 2. The summed E-state index contributed by atoms with van der Waals surface area (Å²) in [5.41, 5.74) is 7.41.